The zero-order chi connectivity index (χ0) is 20.3. The van der Waals surface area contributed by atoms with Gasteiger partial charge >= 0.3 is 5.97 Å². The topological polar surface area (TPSA) is 88.0 Å². The van der Waals surface area contributed by atoms with E-state index in [1.807, 2.05) is 32.0 Å². The highest BCUT2D eigenvalue weighted by atomic mass is 32.2. The molecule has 1 unspecified atom stereocenters. The molecule has 2 aromatic rings. The molecule has 0 aliphatic carbocycles. The van der Waals surface area contributed by atoms with Gasteiger partial charge in [0.2, 0.25) is 0 Å². The summed E-state index contributed by atoms with van der Waals surface area (Å²) < 4.78 is 5.30. The first kappa shape index (κ1) is 19.7. The van der Waals surface area contributed by atoms with Crippen LogP contribution in [0.3, 0.4) is 0 Å². The van der Waals surface area contributed by atoms with E-state index in [4.69, 9.17) is 9.84 Å². The van der Waals surface area contributed by atoms with Crippen molar-refractivity contribution >= 4 is 40.6 Å². The molecule has 1 saturated heterocycles. The molecule has 28 heavy (non-hydrogen) atoms. The van der Waals surface area contributed by atoms with Gasteiger partial charge < -0.3 is 15.2 Å². The van der Waals surface area contributed by atoms with E-state index >= 15 is 0 Å². The highest BCUT2D eigenvalue weighted by molar-refractivity contribution is 8.18. The van der Waals surface area contributed by atoms with Crippen LogP contribution < -0.4 is 10.1 Å². The third-order valence-corrected chi connectivity index (χ3v) is 5.12. The lowest BCUT2D eigenvalue weighted by atomic mass is 10.1. The number of hydrogen-bond acceptors (Lipinski definition) is 5. The minimum atomic E-state index is -1.03. The van der Waals surface area contributed by atoms with Gasteiger partial charge in [0.05, 0.1) is 10.6 Å². The Morgan fingerprint density at radius 1 is 1.18 bits per heavy atom. The minimum absolute atomic E-state index is 0.201. The number of aryl methyl sites for hydroxylation is 2. The van der Waals surface area contributed by atoms with Crippen LogP contribution in [-0.4, -0.2) is 28.3 Å². The third kappa shape index (κ3) is 4.80. The Morgan fingerprint density at radius 3 is 2.54 bits per heavy atom. The van der Waals surface area contributed by atoms with Crippen LogP contribution >= 0.6 is 11.8 Å². The minimum Gasteiger partial charge on any atom is -0.479 e. The van der Waals surface area contributed by atoms with Crippen molar-refractivity contribution in [3.63, 3.8) is 0 Å². The fraction of sp³-hybridized carbons (Fsp3) is 0.190. The van der Waals surface area contributed by atoms with Crippen molar-refractivity contribution in [3.8, 4) is 5.75 Å². The molecule has 1 fully saturated rings. The number of benzene rings is 2. The van der Waals surface area contributed by atoms with Gasteiger partial charge in [0.25, 0.3) is 5.91 Å². The van der Waals surface area contributed by atoms with Gasteiger partial charge in [0.1, 0.15) is 5.75 Å². The molecule has 1 aliphatic heterocycles. The van der Waals surface area contributed by atoms with E-state index < -0.39 is 12.1 Å². The van der Waals surface area contributed by atoms with Crippen molar-refractivity contribution < 1.29 is 19.4 Å². The first-order valence-corrected chi connectivity index (χ1v) is 9.50. The number of carbonyl (C=O) groups excluding carboxylic acids is 1. The van der Waals surface area contributed by atoms with E-state index in [0.717, 1.165) is 16.8 Å². The maximum absolute atomic E-state index is 12.2. The Labute approximate surface area is 167 Å². The maximum atomic E-state index is 12.2. The van der Waals surface area contributed by atoms with Gasteiger partial charge in [0, 0.05) is 0 Å². The van der Waals surface area contributed by atoms with E-state index in [1.54, 1.807) is 30.3 Å². The number of hydrogen-bond donors (Lipinski definition) is 2. The molecule has 144 valence electrons. The molecule has 0 spiro atoms. The molecule has 1 aliphatic rings. The molecule has 0 saturated carbocycles. The van der Waals surface area contributed by atoms with Crippen LogP contribution in [0.15, 0.2) is 52.4 Å². The smallest absolute Gasteiger partial charge is 0.344 e. The fourth-order valence-electron chi connectivity index (χ4n) is 2.44. The molecule has 1 heterocycles. The molecular weight excluding hydrogens is 376 g/mol. The lowest BCUT2D eigenvalue weighted by Gasteiger charge is -2.10. The predicted octanol–water partition coefficient (Wildman–Crippen LogP) is 4.05. The third-order valence-electron chi connectivity index (χ3n) is 4.21. The molecule has 0 aromatic heterocycles. The van der Waals surface area contributed by atoms with Gasteiger partial charge in [0.15, 0.2) is 11.3 Å². The molecule has 1 atom stereocenters. The van der Waals surface area contributed by atoms with E-state index in [2.05, 4.69) is 10.3 Å². The normalized spacial score (nSPS) is 17.6. The summed E-state index contributed by atoms with van der Waals surface area (Å²) in [4.78, 5) is 28.1. The number of amidine groups is 1. The number of thioether (sulfide) groups is 1. The van der Waals surface area contributed by atoms with Crippen LogP contribution in [0, 0.1) is 13.8 Å². The van der Waals surface area contributed by atoms with Gasteiger partial charge in [-0.2, -0.15) is 0 Å². The second-order valence-electron chi connectivity index (χ2n) is 6.42. The number of nitrogens with one attached hydrogen (secondary N) is 1. The number of ether oxygens (including phenoxy) is 1. The van der Waals surface area contributed by atoms with Gasteiger partial charge in [-0.15, -0.1) is 0 Å². The number of carboxylic acid groups (broad SMARTS) is 1. The molecular formula is C21H20N2O4S. The summed E-state index contributed by atoms with van der Waals surface area (Å²) in [6.45, 7) is 5.53. The lowest BCUT2D eigenvalue weighted by molar-refractivity contribution is -0.144. The number of nitrogens with zero attached hydrogens (tertiary/aromatic N) is 1. The lowest BCUT2D eigenvalue weighted by Crippen LogP contribution is -2.22. The summed E-state index contributed by atoms with van der Waals surface area (Å²) in [5.41, 5.74) is 3.94. The number of carbonyl (C=O) groups is 2. The molecule has 2 N–H and O–H groups in total. The number of aliphatic imine (C=N–C) groups is 1. The fourth-order valence-corrected chi connectivity index (χ4v) is 3.28. The van der Waals surface area contributed by atoms with Crippen LogP contribution in [0.1, 0.15) is 23.6 Å². The Bertz CT molecular complexity index is 980. The zero-order valence-corrected chi connectivity index (χ0v) is 16.5. The van der Waals surface area contributed by atoms with Gasteiger partial charge in [-0.1, -0.05) is 18.2 Å². The quantitative estimate of drug-likeness (QED) is 0.745. The van der Waals surface area contributed by atoms with Crippen molar-refractivity contribution in [1.82, 2.24) is 5.32 Å². The van der Waals surface area contributed by atoms with Crippen LogP contribution in [-0.2, 0) is 9.59 Å². The number of rotatable bonds is 5. The molecule has 1 amide bonds. The van der Waals surface area contributed by atoms with Crippen LogP contribution in [0.2, 0.25) is 0 Å². The molecule has 3 rings (SSSR count). The van der Waals surface area contributed by atoms with E-state index in [0.29, 0.717) is 15.8 Å². The number of carboxylic acids is 1. The molecule has 7 heteroatoms. The summed E-state index contributed by atoms with van der Waals surface area (Å²) in [5.74, 6) is -0.772. The average molecular weight is 396 g/mol. The van der Waals surface area contributed by atoms with Gasteiger partial charge in [-0.25, -0.2) is 9.79 Å². The van der Waals surface area contributed by atoms with Crippen molar-refractivity contribution in [2.24, 2.45) is 4.99 Å². The molecule has 0 radical (unpaired) electrons. The molecule has 6 nitrogen and oxygen atoms in total. The number of amides is 1. The second kappa shape index (κ2) is 8.31. The van der Waals surface area contributed by atoms with Crippen molar-refractivity contribution in [2.75, 3.05) is 0 Å². The highest BCUT2D eigenvalue weighted by Gasteiger charge is 2.23. The highest BCUT2D eigenvalue weighted by Crippen LogP contribution is 2.29. The van der Waals surface area contributed by atoms with E-state index in [9.17, 15) is 9.59 Å². The van der Waals surface area contributed by atoms with E-state index in [-0.39, 0.29) is 5.91 Å². The second-order valence-corrected chi connectivity index (χ2v) is 7.45. The largest absolute Gasteiger partial charge is 0.479 e. The first-order valence-electron chi connectivity index (χ1n) is 8.68. The summed E-state index contributed by atoms with van der Waals surface area (Å²) in [6.07, 6.45) is 0.831. The van der Waals surface area contributed by atoms with Crippen LogP contribution in [0.5, 0.6) is 5.75 Å². The Kier molecular flexibility index (Phi) is 5.84. The van der Waals surface area contributed by atoms with Gasteiger partial charge in [-0.05, 0) is 79.6 Å². The SMILES string of the molecule is Cc1ccc(N=C2NC(=O)C(=Cc3ccc(OC(C)C(=O)O)cc3)S2)cc1C. The van der Waals surface area contributed by atoms with Crippen molar-refractivity contribution in [1.29, 1.82) is 0 Å². The van der Waals surface area contributed by atoms with Crippen molar-refractivity contribution in [2.45, 2.75) is 26.9 Å². The first-order chi connectivity index (χ1) is 13.3. The van der Waals surface area contributed by atoms with E-state index in [1.165, 1.54) is 24.2 Å². The summed E-state index contributed by atoms with van der Waals surface area (Å²) in [7, 11) is 0. The Balaban J connectivity index is 1.72. The maximum Gasteiger partial charge on any atom is 0.344 e. The van der Waals surface area contributed by atoms with Crippen LogP contribution in [0.4, 0.5) is 5.69 Å². The molecule has 0 bridgehead atoms. The average Bonchev–Trinajstić information content (AvgIpc) is 2.98. The number of aliphatic carboxylic acids is 1. The van der Waals surface area contributed by atoms with Crippen LogP contribution in [0.25, 0.3) is 6.08 Å². The Morgan fingerprint density at radius 2 is 1.89 bits per heavy atom. The zero-order valence-electron chi connectivity index (χ0n) is 15.7. The van der Waals surface area contributed by atoms with Gasteiger partial charge in [-0.3, -0.25) is 4.79 Å². The standard InChI is InChI=1S/C21H20N2O4S/c1-12-4-7-16(10-13(12)2)22-21-23-19(24)18(28-21)11-15-5-8-17(9-6-15)27-14(3)20(25)26/h4-11,14H,1-3H3,(H,25,26)(H,22,23,24). The summed E-state index contributed by atoms with van der Waals surface area (Å²) >= 11 is 1.28. The van der Waals surface area contributed by atoms with Crippen molar-refractivity contribution in [3.05, 3.63) is 64.1 Å². The Hall–Kier alpha value is -3.06. The summed E-state index contributed by atoms with van der Waals surface area (Å²) in [5, 5.41) is 12.2. The predicted molar refractivity (Wildman–Crippen MR) is 111 cm³/mol. The summed E-state index contributed by atoms with van der Waals surface area (Å²) in [6, 6.07) is 12.8. The molecule has 2 aromatic carbocycles. The monoisotopic (exact) mass is 396 g/mol.